The van der Waals surface area contributed by atoms with Gasteiger partial charge in [-0.05, 0) is 48.8 Å². The Morgan fingerprint density at radius 3 is 2.40 bits per heavy atom. The van der Waals surface area contributed by atoms with Gasteiger partial charge < -0.3 is 5.32 Å². The van der Waals surface area contributed by atoms with Crippen molar-refractivity contribution in [1.82, 2.24) is 5.32 Å². The molecule has 1 aromatic rings. The fraction of sp³-hybridized carbons (Fsp3) is 0.667. The first-order valence-corrected chi connectivity index (χ1v) is 8.60. The topological polar surface area (TPSA) is 12.0 Å². The molecule has 0 fully saturated rings. The molecule has 2 atom stereocenters. The Morgan fingerprint density at radius 2 is 1.85 bits per heavy atom. The molecule has 0 aliphatic carbocycles. The number of halogens is 1. The summed E-state index contributed by atoms with van der Waals surface area (Å²) in [5, 5.41) is 3.73. The van der Waals surface area contributed by atoms with Crippen molar-refractivity contribution in [3.05, 3.63) is 34.3 Å². The SMILES string of the molecule is CCCNC(Cc1ccccc1Br)CC(C)C(C)(C)C. The maximum absolute atomic E-state index is 3.73. The second-order valence-electron chi connectivity index (χ2n) is 6.95. The predicted octanol–water partition coefficient (Wildman–Crippen LogP) is 5.43. The second kappa shape index (κ2) is 8.19. The summed E-state index contributed by atoms with van der Waals surface area (Å²) in [5.74, 6) is 0.708. The molecule has 0 amide bonds. The smallest absolute Gasteiger partial charge is 0.0207 e. The van der Waals surface area contributed by atoms with Gasteiger partial charge in [0.25, 0.3) is 0 Å². The second-order valence-corrected chi connectivity index (χ2v) is 7.80. The van der Waals surface area contributed by atoms with Crippen LogP contribution in [0.5, 0.6) is 0 Å². The highest BCUT2D eigenvalue weighted by molar-refractivity contribution is 9.10. The van der Waals surface area contributed by atoms with Crippen LogP contribution in [0.2, 0.25) is 0 Å². The number of nitrogens with one attached hydrogen (secondary N) is 1. The van der Waals surface area contributed by atoms with Crippen LogP contribution in [-0.2, 0) is 6.42 Å². The van der Waals surface area contributed by atoms with E-state index in [0.717, 1.165) is 13.0 Å². The Morgan fingerprint density at radius 1 is 1.20 bits per heavy atom. The molecule has 1 N–H and O–H groups in total. The third kappa shape index (κ3) is 5.97. The monoisotopic (exact) mass is 339 g/mol. The highest BCUT2D eigenvalue weighted by Gasteiger charge is 2.23. The van der Waals surface area contributed by atoms with Gasteiger partial charge in [0, 0.05) is 10.5 Å². The summed E-state index contributed by atoms with van der Waals surface area (Å²) in [4.78, 5) is 0. The lowest BCUT2D eigenvalue weighted by Crippen LogP contribution is -2.36. The van der Waals surface area contributed by atoms with Crippen molar-refractivity contribution >= 4 is 15.9 Å². The van der Waals surface area contributed by atoms with Crippen LogP contribution >= 0.6 is 15.9 Å². The molecule has 0 aliphatic rings. The highest BCUT2D eigenvalue weighted by atomic mass is 79.9. The molecule has 0 heterocycles. The molecular formula is C18H30BrN. The average molecular weight is 340 g/mol. The van der Waals surface area contributed by atoms with Crippen LogP contribution in [0.1, 0.15) is 53.0 Å². The molecule has 0 aliphatic heterocycles. The minimum Gasteiger partial charge on any atom is -0.314 e. The van der Waals surface area contributed by atoms with Gasteiger partial charge in [-0.15, -0.1) is 0 Å². The van der Waals surface area contributed by atoms with Crippen molar-refractivity contribution in [2.45, 2.75) is 59.9 Å². The Kier molecular flexibility index (Phi) is 7.25. The molecule has 114 valence electrons. The van der Waals surface area contributed by atoms with Gasteiger partial charge in [0.1, 0.15) is 0 Å². The molecule has 0 radical (unpaired) electrons. The van der Waals surface area contributed by atoms with Crippen molar-refractivity contribution in [1.29, 1.82) is 0 Å². The van der Waals surface area contributed by atoms with Gasteiger partial charge in [0.05, 0.1) is 0 Å². The van der Waals surface area contributed by atoms with Crippen LogP contribution in [0.4, 0.5) is 0 Å². The van der Waals surface area contributed by atoms with Crippen LogP contribution in [0, 0.1) is 11.3 Å². The Hall–Kier alpha value is -0.340. The lowest BCUT2D eigenvalue weighted by molar-refractivity contribution is 0.222. The number of hydrogen-bond donors (Lipinski definition) is 1. The van der Waals surface area contributed by atoms with E-state index in [-0.39, 0.29) is 0 Å². The summed E-state index contributed by atoms with van der Waals surface area (Å²) in [7, 11) is 0. The molecule has 0 bridgehead atoms. The number of benzene rings is 1. The minimum absolute atomic E-state index is 0.375. The van der Waals surface area contributed by atoms with E-state index in [9.17, 15) is 0 Å². The predicted molar refractivity (Wildman–Crippen MR) is 93.2 cm³/mol. The molecular weight excluding hydrogens is 310 g/mol. The number of hydrogen-bond acceptors (Lipinski definition) is 1. The molecule has 0 aromatic heterocycles. The van der Waals surface area contributed by atoms with Crippen molar-refractivity contribution in [3.8, 4) is 0 Å². The van der Waals surface area contributed by atoms with Gasteiger partial charge in [-0.3, -0.25) is 0 Å². The van der Waals surface area contributed by atoms with E-state index in [0.29, 0.717) is 17.4 Å². The third-order valence-corrected chi connectivity index (χ3v) is 5.00. The van der Waals surface area contributed by atoms with E-state index >= 15 is 0 Å². The van der Waals surface area contributed by atoms with E-state index < -0.39 is 0 Å². The first-order chi connectivity index (χ1) is 9.34. The first kappa shape index (κ1) is 17.7. The van der Waals surface area contributed by atoms with E-state index in [1.807, 2.05) is 0 Å². The summed E-state index contributed by atoms with van der Waals surface area (Å²) >= 11 is 3.67. The highest BCUT2D eigenvalue weighted by Crippen LogP contribution is 2.30. The maximum Gasteiger partial charge on any atom is 0.0207 e. The van der Waals surface area contributed by atoms with Crippen molar-refractivity contribution in [3.63, 3.8) is 0 Å². The quantitative estimate of drug-likeness (QED) is 0.698. The van der Waals surface area contributed by atoms with Gasteiger partial charge in [-0.1, -0.05) is 68.7 Å². The third-order valence-electron chi connectivity index (χ3n) is 4.22. The molecule has 0 saturated carbocycles. The van der Waals surface area contributed by atoms with Crippen LogP contribution in [0.25, 0.3) is 0 Å². The standard InChI is InChI=1S/C18H30BrN/c1-6-11-20-16(12-14(2)18(3,4)5)13-15-9-7-8-10-17(15)19/h7-10,14,16,20H,6,11-13H2,1-5H3. The molecule has 2 unspecified atom stereocenters. The van der Waals surface area contributed by atoms with E-state index in [1.54, 1.807) is 0 Å². The zero-order valence-corrected chi connectivity index (χ0v) is 15.3. The van der Waals surface area contributed by atoms with E-state index in [1.165, 1.54) is 22.9 Å². The van der Waals surface area contributed by atoms with Crippen molar-refractivity contribution in [2.24, 2.45) is 11.3 Å². The van der Waals surface area contributed by atoms with Crippen molar-refractivity contribution in [2.75, 3.05) is 6.54 Å². The summed E-state index contributed by atoms with van der Waals surface area (Å²) in [6, 6.07) is 9.14. The van der Waals surface area contributed by atoms with Gasteiger partial charge in [-0.25, -0.2) is 0 Å². The minimum atomic E-state index is 0.375. The Bertz CT molecular complexity index is 395. The van der Waals surface area contributed by atoms with Crippen molar-refractivity contribution < 1.29 is 0 Å². The van der Waals surface area contributed by atoms with Crippen LogP contribution in [0.15, 0.2) is 28.7 Å². The van der Waals surface area contributed by atoms with E-state index in [4.69, 9.17) is 0 Å². The lowest BCUT2D eigenvalue weighted by atomic mass is 9.78. The molecule has 1 rings (SSSR count). The average Bonchev–Trinajstić information content (AvgIpc) is 2.37. The van der Waals surface area contributed by atoms with Crippen LogP contribution < -0.4 is 5.32 Å². The normalized spacial score (nSPS) is 15.1. The lowest BCUT2D eigenvalue weighted by Gasteiger charge is -2.31. The molecule has 1 nitrogen and oxygen atoms in total. The Labute approximate surface area is 133 Å². The number of rotatable bonds is 7. The Balaban J connectivity index is 2.72. The summed E-state index contributed by atoms with van der Waals surface area (Å²) < 4.78 is 1.23. The molecule has 0 saturated heterocycles. The van der Waals surface area contributed by atoms with Gasteiger partial charge in [0.15, 0.2) is 0 Å². The fourth-order valence-electron chi connectivity index (χ4n) is 2.30. The zero-order chi connectivity index (χ0) is 15.2. The molecule has 20 heavy (non-hydrogen) atoms. The largest absolute Gasteiger partial charge is 0.314 e. The van der Waals surface area contributed by atoms with Crippen LogP contribution in [0.3, 0.4) is 0 Å². The molecule has 2 heteroatoms. The van der Waals surface area contributed by atoms with Crippen LogP contribution in [-0.4, -0.2) is 12.6 Å². The fourth-order valence-corrected chi connectivity index (χ4v) is 2.74. The van der Waals surface area contributed by atoms with Gasteiger partial charge in [0.2, 0.25) is 0 Å². The van der Waals surface area contributed by atoms with Gasteiger partial charge in [-0.2, -0.15) is 0 Å². The summed E-state index contributed by atoms with van der Waals surface area (Å²) in [6.07, 6.45) is 3.52. The first-order valence-electron chi connectivity index (χ1n) is 7.81. The summed E-state index contributed by atoms with van der Waals surface area (Å²) in [5.41, 5.74) is 1.78. The molecule has 0 spiro atoms. The maximum atomic E-state index is 3.73. The van der Waals surface area contributed by atoms with E-state index in [2.05, 4.69) is 80.1 Å². The summed E-state index contributed by atoms with van der Waals surface area (Å²) in [6.45, 7) is 12.7. The van der Waals surface area contributed by atoms with Gasteiger partial charge >= 0.3 is 0 Å². The molecule has 1 aromatic carbocycles. The zero-order valence-electron chi connectivity index (χ0n) is 13.7.